The lowest BCUT2D eigenvalue weighted by Gasteiger charge is -2.12. The minimum atomic E-state index is 0.461. The highest BCUT2D eigenvalue weighted by molar-refractivity contribution is 9.10. The highest BCUT2D eigenvalue weighted by Gasteiger charge is 2.07. The van der Waals surface area contributed by atoms with E-state index in [-0.39, 0.29) is 0 Å². The molecule has 23 heavy (non-hydrogen) atoms. The first-order valence-electron chi connectivity index (χ1n) is 7.23. The zero-order valence-electron chi connectivity index (χ0n) is 13.0. The van der Waals surface area contributed by atoms with Gasteiger partial charge in [-0.2, -0.15) is 0 Å². The van der Waals surface area contributed by atoms with Crippen LogP contribution >= 0.6 is 15.9 Å². The van der Waals surface area contributed by atoms with Crippen LogP contribution in [0.4, 0.5) is 0 Å². The van der Waals surface area contributed by atoms with E-state index < -0.39 is 0 Å². The van der Waals surface area contributed by atoms with Gasteiger partial charge in [-0.15, -0.1) is 0 Å². The Morgan fingerprint density at radius 1 is 0.870 bits per heavy atom. The van der Waals surface area contributed by atoms with Gasteiger partial charge in [0.15, 0.2) is 0 Å². The topological polar surface area (TPSA) is 27.7 Å². The third kappa shape index (κ3) is 3.42. The van der Waals surface area contributed by atoms with Crippen molar-refractivity contribution in [3.8, 4) is 17.2 Å². The summed E-state index contributed by atoms with van der Waals surface area (Å²) in [5.41, 5.74) is 1.04. The molecule has 0 spiro atoms. The van der Waals surface area contributed by atoms with E-state index in [0.29, 0.717) is 6.61 Å². The maximum absolute atomic E-state index is 6.03. The number of hydrogen-bond acceptors (Lipinski definition) is 3. The van der Waals surface area contributed by atoms with E-state index in [4.69, 9.17) is 14.2 Å². The van der Waals surface area contributed by atoms with Crippen molar-refractivity contribution in [2.45, 2.75) is 6.61 Å². The second kappa shape index (κ2) is 6.92. The molecule has 0 saturated carbocycles. The first kappa shape index (κ1) is 15.7. The van der Waals surface area contributed by atoms with Crippen LogP contribution in [0, 0.1) is 0 Å². The van der Waals surface area contributed by atoms with Gasteiger partial charge in [0.05, 0.1) is 14.2 Å². The fraction of sp³-hybridized carbons (Fsp3) is 0.158. The normalized spacial score (nSPS) is 10.6. The molecule has 3 nitrogen and oxygen atoms in total. The molecule has 0 amide bonds. The summed E-state index contributed by atoms with van der Waals surface area (Å²) < 4.78 is 17.6. The van der Waals surface area contributed by atoms with E-state index in [9.17, 15) is 0 Å². The highest BCUT2D eigenvalue weighted by atomic mass is 79.9. The average Bonchev–Trinajstić information content (AvgIpc) is 2.60. The summed E-state index contributed by atoms with van der Waals surface area (Å²) in [6.45, 7) is 0.461. The molecule has 4 heteroatoms. The summed E-state index contributed by atoms with van der Waals surface area (Å²) in [7, 11) is 3.33. The van der Waals surface area contributed by atoms with Crippen LogP contribution in [0.3, 0.4) is 0 Å². The molecule has 0 unspecified atom stereocenters. The Balaban J connectivity index is 1.87. The van der Waals surface area contributed by atoms with Crippen molar-refractivity contribution < 1.29 is 14.2 Å². The Labute approximate surface area is 143 Å². The third-order valence-corrected chi connectivity index (χ3v) is 4.46. The van der Waals surface area contributed by atoms with Crippen molar-refractivity contribution in [3.05, 3.63) is 64.6 Å². The lowest BCUT2D eigenvalue weighted by Crippen LogP contribution is -1.98. The summed E-state index contributed by atoms with van der Waals surface area (Å²) >= 11 is 3.55. The van der Waals surface area contributed by atoms with E-state index in [0.717, 1.165) is 38.1 Å². The second-order valence-electron chi connectivity index (χ2n) is 5.09. The number of fused-ring (bicyclic) bond motifs is 1. The highest BCUT2D eigenvalue weighted by Crippen LogP contribution is 2.30. The number of methoxy groups -OCH3 is 2. The van der Waals surface area contributed by atoms with Crippen molar-refractivity contribution in [1.29, 1.82) is 0 Å². The van der Waals surface area contributed by atoms with Crippen LogP contribution in [0.15, 0.2) is 59.1 Å². The van der Waals surface area contributed by atoms with Crippen LogP contribution in [0.1, 0.15) is 5.56 Å². The van der Waals surface area contributed by atoms with E-state index in [2.05, 4.69) is 15.9 Å². The van der Waals surface area contributed by atoms with Crippen LogP contribution in [0.25, 0.3) is 10.8 Å². The zero-order chi connectivity index (χ0) is 16.2. The van der Waals surface area contributed by atoms with E-state index >= 15 is 0 Å². The molecule has 0 bridgehead atoms. The average molecular weight is 373 g/mol. The Hall–Kier alpha value is -2.20. The van der Waals surface area contributed by atoms with Crippen LogP contribution < -0.4 is 14.2 Å². The molecule has 0 aliphatic rings. The molecule has 0 atom stereocenters. The van der Waals surface area contributed by atoms with Gasteiger partial charge in [0, 0.05) is 15.4 Å². The Bertz CT molecular complexity index is 830. The lowest BCUT2D eigenvalue weighted by molar-refractivity contribution is 0.308. The molecule has 0 heterocycles. The number of rotatable bonds is 5. The van der Waals surface area contributed by atoms with Gasteiger partial charge in [0.1, 0.15) is 23.9 Å². The predicted molar refractivity (Wildman–Crippen MR) is 95.5 cm³/mol. The number of benzene rings is 3. The molecule has 0 aliphatic heterocycles. The molecular formula is C19H17BrO3. The van der Waals surface area contributed by atoms with E-state index in [1.807, 2.05) is 54.6 Å². The predicted octanol–water partition coefficient (Wildman–Crippen LogP) is 5.20. The molecule has 0 N–H and O–H groups in total. The molecule has 0 radical (unpaired) electrons. The van der Waals surface area contributed by atoms with Crippen molar-refractivity contribution in [3.63, 3.8) is 0 Å². The maximum atomic E-state index is 6.03. The summed E-state index contributed by atoms with van der Waals surface area (Å²) in [6, 6.07) is 17.8. The maximum Gasteiger partial charge on any atom is 0.127 e. The minimum Gasteiger partial charge on any atom is -0.497 e. The van der Waals surface area contributed by atoms with Gasteiger partial charge in [-0.1, -0.05) is 28.1 Å². The smallest absolute Gasteiger partial charge is 0.127 e. The summed E-state index contributed by atoms with van der Waals surface area (Å²) in [5, 5.41) is 2.15. The largest absolute Gasteiger partial charge is 0.497 e. The molecule has 3 rings (SSSR count). The molecular weight excluding hydrogens is 356 g/mol. The summed E-state index contributed by atoms with van der Waals surface area (Å²) in [4.78, 5) is 0. The number of hydrogen-bond donors (Lipinski definition) is 0. The molecule has 0 aromatic heterocycles. The van der Waals surface area contributed by atoms with Crippen molar-refractivity contribution in [1.82, 2.24) is 0 Å². The van der Waals surface area contributed by atoms with Gasteiger partial charge in [0.25, 0.3) is 0 Å². The van der Waals surface area contributed by atoms with Crippen LogP contribution in [-0.2, 0) is 6.61 Å². The van der Waals surface area contributed by atoms with E-state index in [1.165, 1.54) is 0 Å². The summed E-state index contributed by atoms with van der Waals surface area (Å²) in [5.74, 6) is 2.50. The first-order chi connectivity index (χ1) is 11.2. The van der Waals surface area contributed by atoms with E-state index in [1.54, 1.807) is 14.2 Å². The fourth-order valence-electron chi connectivity index (χ4n) is 2.43. The van der Waals surface area contributed by atoms with Gasteiger partial charge in [0.2, 0.25) is 0 Å². The Morgan fingerprint density at radius 3 is 2.39 bits per heavy atom. The van der Waals surface area contributed by atoms with Crippen LogP contribution in [-0.4, -0.2) is 14.2 Å². The molecule has 3 aromatic carbocycles. The standard InChI is InChI=1S/C19H17BrO3/c1-21-15-6-8-17-13(10-15)4-3-5-19(17)23-12-14-11-16(22-2)7-9-18(14)20/h3-11H,12H2,1-2H3. The van der Waals surface area contributed by atoms with Crippen LogP contribution in [0.5, 0.6) is 17.2 Å². The third-order valence-electron chi connectivity index (χ3n) is 3.68. The molecule has 118 valence electrons. The summed E-state index contributed by atoms with van der Waals surface area (Å²) in [6.07, 6.45) is 0. The van der Waals surface area contributed by atoms with Gasteiger partial charge >= 0.3 is 0 Å². The Morgan fingerprint density at radius 2 is 1.61 bits per heavy atom. The minimum absolute atomic E-state index is 0.461. The number of halogens is 1. The van der Waals surface area contributed by atoms with Crippen molar-refractivity contribution in [2.75, 3.05) is 14.2 Å². The molecule has 0 saturated heterocycles. The van der Waals surface area contributed by atoms with Gasteiger partial charge in [-0.3, -0.25) is 0 Å². The second-order valence-corrected chi connectivity index (χ2v) is 5.94. The molecule has 3 aromatic rings. The monoisotopic (exact) mass is 372 g/mol. The fourth-order valence-corrected chi connectivity index (χ4v) is 2.79. The van der Waals surface area contributed by atoms with Gasteiger partial charge in [-0.25, -0.2) is 0 Å². The lowest BCUT2D eigenvalue weighted by atomic mass is 10.1. The number of ether oxygens (including phenoxy) is 3. The van der Waals surface area contributed by atoms with Crippen molar-refractivity contribution in [2.24, 2.45) is 0 Å². The Kier molecular flexibility index (Phi) is 4.72. The molecule has 0 fully saturated rings. The van der Waals surface area contributed by atoms with Crippen LogP contribution in [0.2, 0.25) is 0 Å². The SMILES string of the molecule is COc1ccc(Br)c(COc2cccc3cc(OC)ccc23)c1. The quantitative estimate of drug-likeness (QED) is 0.615. The van der Waals surface area contributed by atoms with Gasteiger partial charge in [-0.05, 0) is 47.9 Å². The van der Waals surface area contributed by atoms with Gasteiger partial charge < -0.3 is 14.2 Å². The molecule has 0 aliphatic carbocycles. The first-order valence-corrected chi connectivity index (χ1v) is 8.02. The zero-order valence-corrected chi connectivity index (χ0v) is 14.6. The van der Waals surface area contributed by atoms with Crippen molar-refractivity contribution >= 4 is 26.7 Å².